The van der Waals surface area contributed by atoms with Crippen LogP contribution in [0.1, 0.15) is 20.3 Å². The molecule has 5 nitrogen and oxygen atoms in total. The molecule has 2 N–H and O–H groups in total. The molecule has 110 valence electrons. The Morgan fingerprint density at radius 3 is 2.70 bits per heavy atom. The first kappa shape index (κ1) is 16.4. The zero-order valence-electron chi connectivity index (χ0n) is 11.9. The van der Waals surface area contributed by atoms with Crippen LogP contribution in [0.4, 0.5) is 10.5 Å². The van der Waals surface area contributed by atoms with Gasteiger partial charge >= 0.3 is 12.0 Å². The second-order valence-electron chi connectivity index (χ2n) is 4.40. The van der Waals surface area contributed by atoms with Gasteiger partial charge in [-0.25, -0.2) is 4.79 Å². The van der Waals surface area contributed by atoms with Crippen LogP contribution in [0.5, 0.6) is 0 Å². The second-order valence-corrected chi connectivity index (χ2v) is 5.27. The van der Waals surface area contributed by atoms with Crippen LogP contribution in [0.15, 0.2) is 29.2 Å². The number of carbonyl (C=O) groups excluding carboxylic acids is 1. The third-order valence-electron chi connectivity index (χ3n) is 2.92. The van der Waals surface area contributed by atoms with E-state index in [2.05, 4.69) is 5.32 Å². The number of carboxylic acid groups (broad SMARTS) is 1. The average Bonchev–Trinajstić information content (AvgIpc) is 2.38. The van der Waals surface area contributed by atoms with E-state index in [4.69, 9.17) is 5.11 Å². The van der Waals surface area contributed by atoms with Crippen LogP contribution in [0.3, 0.4) is 0 Å². The zero-order chi connectivity index (χ0) is 15.1. The molecule has 0 spiro atoms. The number of rotatable bonds is 6. The van der Waals surface area contributed by atoms with Crippen molar-refractivity contribution >= 4 is 29.4 Å². The van der Waals surface area contributed by atoms with Gasteiger partial charge in [0.1, 0.15) is 0 Å². The van der Waals surface area contributed by atoms with E-state index < -0.39 is 5.97 Å². The van der Waals surface area contributed by atoms with E-state index in [-0.39, 0.29) is 18.5 Å². The molecule has 6 heteroatoms. The number of carbonyl (C=O) groups is 2. The molecule has 0 aliphatic heterocycles. The molecule has 0 saturated carbocycles. The molecule has 1 atom stereocenters. The van der Waals surface area contributed by atoms with E-state index in [0.29, 0.717) is 12.2 Å². The van der Waals surface area contributed by atoms with Gasteiger partial charge in [0.15, 0.2) is 0 Å². The fourth-order valence-electron chi connectivity index (χ4n) is 1.91. The number of hydrogen-bond donors (Lipinski definition) is 2. The highest BCUT2D eigenvalue weighted by Crippen LogP contribution is 2.19. The van der Waals surface area contributed by atoms with Gasteiger partial charge in [0.05, 0.1) is 6.42 Å². The zero-order valence-corrected chi connectivity index (χ0v) is 12.7. The third kappa shape index (κ3) is 4.77. The van der Waals surface area contributed by atoms with Crippen LogP contribution >= 0.6 is 11.8 Å². The summed E-state index contributed by atoms with van der Waals surface area (Å²) in [4.78, 5) is 25.5. The molecule has 0 fully saturated rings. The molecular weight excluding hydrogens is 276 g/mol. The van der Waals surface area contributed by atoms with Crippen molar-refractivity contribution in [2.45, 2.75) is 31.2 Å². The number of anilines is 1. The summed E-state index contributed by atoms with van der Waals surface area (Å²) in [5, 5.41) is 11.6. The third-order valence-corrected chi connectivity index (χ3v) is 3.65. The maximum Gasteiger partial charge on any atom is 0.322 e. The van der Waals surface area contributed by atoms with Crippen LogP contribution in [-0.4, -0.2) is 40.8 Å². The van der Waals surface area contributed by atoms with Crippen LogP contribution in [0.2, 0.25) is 0 Å². The Kier molecular flexibility index (Phi) is 6.38. The largest absolute Gasteiger partial charge is 0.481 e. The SMILES string of the molecule is CCN(C(=O)Nc1cccc(SC)c1)C(C)CC(=O)O. The van der Waals surface area contributed by atoms with Crippen molar-refractivity contribution < 1.29 is 14.7 Å². The number of amides is 2. The maximum atomic E-state index is 12.2. The minimum absolute atomic E-state index is 0.0634. The van der Waals surface area contributed by atoms with Crippen molar-refractivity contribution in [2.75, 3.05) is 18.1 Å². The number of thioether (sulfide) groups is 1. The van der Waals surface area contributed by atoms with E-state index in [1.807, 2.05) is 37.4 Å². The van der Waals surface area contributed by atoms with E-state index in [0.717, 1.165) is 4.90 Å². The molecule has 0 bridgehead atoms. The van der Waals surface area contributed by atoms with Crippen molar-refractivity contribution in [3.8, 4) is 0 Å². The van der Waals surface area contributed by atoms with Gasteiger partial charge in [-0.2, -0.15) is 0 Å². The van der Waals surface area contributed by atoms with Gasteiger partial charge in [-0.3, -0.25) is 4.79 Å². The molecule has 1 unspecified atom stereocenters. The first-order valence-corrected chi connectivity index (χ1v) is 7.63. The normalized spacial score (nSPS) is 11.8. The highest BCUT2D eigenvalue weighted by Gasteiger charge is 2.20. The highest BCUT2D eigenvalue weighted by molar-refractivity contribution is 7.98. The van der Waals surface area contributed by atoms with Crippen molar-refractivity contribution in [3.05, 3.63) is 24.3 Å². The minimum atomic E-state index is -0.909. The van der Waals surface area contributed by atoms with Gasteiger partial charge < -0.3 is 15.3 Å². The van der Waals surface area contributed by atoms with Crippen molar-refractivity contribution in [1.29, 1.82) is 0 Å². The summed E-state index contributed by atoms with van der Waals surface area (Å²) < 4.78 is 0. The Morgan fingerprint density at radius 2 is 2.15 bits per heavy atom. The standard InChI is InChI=1S/C14H20N2O3S/c1-4-16(10(2)8-13(17)18)14(19)15-11-6-5-7-12(9-11)20-3/h5-7,9-10H,4,8H2,1-3H3,(H,15,19)(H,17,18). The van der Waals surface area contributed by atoms with Crippen molar-refractivity contribution in [2.24, 2.45) is 0 Å². The van der Waals surface area contributed by atoms with E-state index in [1.165, 1.54) is 4.90 Å². The van der Waals surface area contributed by atoms with Crippen LogP contribution in [-0.2, 0) is 4.79 Å². The summed E-state index contributed by atoms with van der Waals surface area (Å²) in [5.41, 5.74) is 0.711. The van der Waals surface area contributed by atoms with Crippen molar-refractivity contribution in [3.63, 3.8) is 0 Å². The van der Waals surface area contributed by atoms with Crippen LogP contribution in [0.25, 0.3) is 0 Å². The lowest BCUT2D eigenvalue weighted by Gasteiger charge is -2.27. The molecule has 1 rings (SSSR count). The molecule has 1 aromatic carbocycles. The van der Waals surface area contributed by atoms with Crippen LogP contribution in [0, 0.1) is 0 Å². The quantitative estimate of drug-likeness (QED) is 0.791. The Labute approximate surface area is 123 Å². The summed E-state index contributed by atoms with van der Waals surface area (Å²) in [6, 6.07) is 6.91. The number of aliphatic carboxylic acids is 1. The summed E-state index contributed by atoms with van der Waals surface area (Å²) in [7, 11) is 0. The highest BCUT2D eigenvalue weighted by atomic mass is 32.2. The lowest BCUT2D eigenvalue weighted by Crippen LogP contribution is -2.42. The minimum Gasteiger partial charge on any atom is -0.481 e. The van der Waals surface area contributed by atoms with Gasteiger partial charge in [-0.05, 0) is 38.3 Å². The summed E-state index contributed by atoms with van der Waals surface area (Å²) >= 11 is 1.60. The van der Waals surface area contributed by atoms with Gasteiger partial charge in [-0.1, -0.05) is 6.07 Å². The van der Waals surface area contributed by atoms with Gasteiger partial charge in [-0.15, -0.1) is 11.8 Å². The molecule has 0 saturated heterocycles. The summed E-state index contributed by atoms with van der Waals surface area (Å²) in [6.45, 7) is 4.02. The van der Waals surface area contributed by atoms with E-state index in [9.17, 15) is 9.59 Å². The fraction of sp³-hybridized carbons (Fsp3) is 0.429. The van der Waals surface area contributed by atoms with Crippen LogP contribution < -0.4 is 5.32 Å². The topological polar surface area (TPSA) is 69.6 Å². The molecule has 0 aromatic heterocycles. The molecule has 0 heterocycles. The number of nitrogens with zero attached hydrogens (tertiary/aromatic N) is 1. The lowest BCUT2D eigenvalue weighted by atomic mass is 10.2. The molecule has 0 aliphatic carbocycles. The Hall–Kier alpha value is -1.69. The number of benzene rings is 1. The summed E-state index contributed by atoms with van der Waals surface area (Å²) in [6.07, 6.45) is 1.90. The molecule has 0 aliphatic rings. The second kappa shape index (κ2) is 7.79. The summed E-state index contributed by atoms with van der Waals surface area (Å²) in [5.74, 6) is -0.909. The Morgan fingerprint density at radius 1 is 1.45 bits per heavy atom. The first-order valence-electron chi connectivity index (χ1n) is 6.41. The molecule has 20 heavy (non-hydrogen) atoms. The van der Waals surface area contributed by atoms with E-state index >= 15 is 0 Å². The first-order chi connectivity index (χ1) is 9.47. The Bertz CT molecular complexity index is 479. The number of nitrogens with one attached hydrogen (secondary N) is 1. The predicted molar refractivity (Wildman–Crippen MR) is 81.3 cm³/mol. The van der Waals surface area contributed by atoms with Gasteiger partial charge in [0.2, 0.25) is 0 Å². The predicted octanol–water partition coefficient (Wildman–Crippen LogP) is 3.13. The van der Waals surface area contributed by atoms with E-state index in [1.54, 1.807) is 18.7 Å². The van der Waals surface area contributed by atoms with Gasteiger partial charge in [0, 0.05) is 23.2 Å². The fourth-order valence-corrected chi connectivity index (χ4v) is 2.37. The number of hydrogen-bond acceptors (Lipinski definition) is 3. The maximum absolute atomic E-state index is 12.2. The molecular formula is C14H20N2O3S. The lowest BCUT2D eigenvalue weighted by molar-refractivity contribution is -0.137. The molecule has 1 aromatic rings. The molecule has 2 amide bonds. The number of carboxylic acids is 1. The average molecular weight is 296 g/mol. The Balaban J connectivity index is 2.73. The number of urea groups is 1. The van der Waals surface area contributed by atoms with Gasteiger partial charge in [0.25, 0.3) is 0 Å². The monoisotopic (exact) mass is 296 g/mol. The van der Waals surface area contributed by atoms with Crippen molar-refractivity contribution in [1.82, 2.24) is 4.90 Å². The smallest absolute Gasteiger partial charge is 0.322 e. The molecule has 0 radical (unpaired) electrons.